The Morgan fingerprint density at radius 1 is 1.16 bits per heavy atom. The van der Waals surface area contributed by atoms with E-state index in [1.54, 1.807) is 37.4 Å². The highest BCUT2D eigenvalue weighted by Gasteiger charge is 2.26. The highest BCUT2D eigenvalue weighted by molar-refractivity contribution is 6.32. The van der Waals surface area contributed by atoms with Gasteiger partial charge < -0.3 is 19.7 Å². The van der Waals surface area contributed by atoms with Crippen LogP contribution in [0.5, 0.6) is 11.5 Å². The summed E-state index contributed by atoms with van der Waals surface area (Å²) in [5.41, 5.74) is 6.21. The van der Waals surface area contributed by atoms with E-state index < -0.39 is 18.6 Å². The molecule has 5 rings (SSSR count). The molecule has 0 fully saturated rings. The first-order valence-electron chi connectivity index (χ1n) is 14.6. The van der Waals surface area contributed by atoms with E-state index in [-0.39, 0.29) is 24.9 Å². The Hall–Kier alpha value is -4.49. The number of hydrogen-bond donors (Lipinski definition) is 3. The van der Waals surface area contributed by atoms with Crippen molar-refractivity contribution >= 4 is 17.6 Å². The molecule has 3 aromatic carbocycles. The van der Waals surface area contributed by atoms with Crippen molar-refractivity contribution in [3.8, 4) is 28.7 Å². The number of rotatable bonds is 13. The number of hydrogen-bond acceptors (Lipinski definition) is 7. The first kappa shape index (κ1) is 31.9. The fourth-order valence-corrected chi connectivity index (χ4v) is 5.91. The van der Waals surface area contributed by atoms with Gasteiger partial charge in [-0.05, 0) is 66.5 Å². The smallest absolute Gasteiger partial charge is 0.323 e. The van der Waals surface area contributed by atoms with Crippen molar-refractivity contribution in [3.63, 3.8) is 0 Å². The number of fused-ring (bicyclic) bond motifs is 1. The topological polar surface area (TPSA) is 125 Å². The van der Waals surface area contributed by atoms with Gasteiger partial charge in [-0.1, -0.05) is 48.0 Å². The minimum atomic E-state index is -1.19. The number of nitrogens with one attached hydrogen (secondary N) is 1. The van der Waals surface area contributed by atoms with Crippen LogP contribution in [0.25, 0.3) is 11.1 Å². The van der Waals surface area contributed by atoms with Gasteiger partial charge in [-0.2, -0.15) is 5.26 Å². The Morgan fingerprint density at radius 2 is 1.96 bits per heavy atom. The summed E-state index contributed by atoms with van der Waals surface area (Å²) in [5, 5.41) is 31.0. The number of aliphatic hydroxyl groups excluding tert-OH is 1. The number of pyridine rings is 1. The molecule has 4 aromatic rings. The minimum absolute atomic E-state index is 0.0616. The zero-order valence-electron chi connectivity index (χ0n) is 24.7. The molecule has 1 heterocycles. The van der Waals surface area contributed by atoms with Gasteiger partial charge in [0.05, 0.1) is 23.8 Å². The van der Waals surface area contributed by atoms with E-state index in [2.05, 4.69) is 22.4 Å². The number of aromatic nitrogens is 1. The van der Waals surface area contributed by atoms with E-state index in [1.165, 1.54) is 17.3 Å². The molecule has 1 aromatic heterocycles. The molecule has 0 saturated heterocycles. The second-order valence-electron chi connectivity index (χ2n) is 11.0. The fourth-order valence-electron chi connectivity index (χ4n) is 5.67. The zero-order chi connectivity index (χ0) is 31.9. The van der Waals surface area contributed by atoms with Crippen molar-refractivity contribution in [2.45, 2.75) is 51.3 Å². The van der Waals surface area contributed by atoms with Crippen molar-refractivity contribution in [2.75, 3.05) is 13.2 Å². The first-order chi connectivity index (χ1) is 21.8. The van der Waals surface area contributed by atoms with E-state index in [4.69, 9.17) is 21.1 Å². The molecule has 0 radical (unpaired) electrons. The second kappa shape index (κ2) is 14.5. The molecule has 0 saturated carbocycles. The van der Waals surface area contributed by atoms with Crippen LogP contribution in [-0.2, 0) is 24.4 Å². The number of aliphatic carboxylic acids is 1. The summed E-state index contributed by atoms with van der Waals surface area (Å²) < 4.78 is 27.2. The average molecular weight is 630 g/mol. The molecule has 2 atom stereocenters. The number of aryl methyl sites for hydroxylation is 1. The van der Waals surface area contributed by atoms with E-state index in [9.17, 15) is 24.7 Å². The molecule has 0 bridgehead atoms. The maximum absolute atomic E-state index is 15.0. The number of carbonyl (C=O) groups is 1. The molecule has 8 nitrogen and oxygen atoms in total. The van der Waals surface area contributed by atoms with Crippen LogP contribution in [0.2, 0.25) is 5.02 Å². The Labute approximate surface area is 266 Å². The van der Waals surface area contributed by atoms with Crippen LogP contribution in [0.3, 0.4) is 0 Å². The number of ether oxygens (including phenoxy) is 2. The van der Waals surface area contributed by atoms with Gasteiger partial charge in [0.25, 0.3) is 0 Å². The van der Waals surface area contributed by atoms with Crippen LogP contribution in [0.15, 0.2) is 67.0 Å². The van der Waals surface area contributed by atoms with Crippen LogP contribution in [0.4, 0.5) is 4.39 Å². The number of benzene rings is 3. The number of carboxylic acid groups (broad SMARTS) is 1. The molecular weight excluding hydrogens is 597 g/mol. The Balaban J connectivity index is 1.31. The lowest BCUT2D eigenvalue weighted by Crippen LogP contribution is -2.39. The Kier molecular flexibility index (Phi) is 10.3. The third-order valence-electron chi connectivity index (χ3n) is 8.05. The Bertz CT molecular complexity index is 1740. The van der Waals surface area contributed by atoms with Crippen molar-refractivity contribution in [1.82, 2.24) is 10.3 Å². The average Bonchev–Trinajstić information content (AvgIpc) is 3.46. The molecule has 0 aliphatic heterocycles. The molecule has 1 unspecified atom stereocenters. The van der Waals surface area contributed by atoms with Gasteiger partial charge in [-0.3, -0.25) is 15.1 Å². The summed E-state index contributed by atoms with van der Waals surface area (Å²) in [5.74, 6) is -0.313. The SMILES string of the molecule is Cc1cccc(-c2cccc3c2CCC3CCOc2cc(OCc3cncc(C#N)c3)c(CN[C@@H](CO)C(=O)O)cc2Cl)c1F. The lowest BCUT2D eigenvalue weighted by Gasteiger charge is -2.18. The van der Waals surface area contributed by atoms with Crippen molar-refractivity contribution in [1.29, 1.82) is 5.26 Å². The highest BCUT2D eigenvalue weighted by Crippen LogP contribution is 2.42. The maximum Gasteiger partial charge on any atom is 0.323 e. The third-order valence-corrected chi connectivity index (χ3v) is 8.35. The molecule has 0 amide bonds. The summed E-state index contributed by atoms with van der Waals surface area (Å²) >= 11 is 6.61. The lowest BCUT2D eigenvalue weighted by molar-refractivity contribution is -0.140. The number of carboxylic acids is 1. The summed E-state index contributed by atoms with van der Waals surface area (Å²) in [7, 11) is 0. The van der Waals surface area contributed by atoms with Crippen LogP contribution in [-0.4, -0.2) is 40.4 Å². The summed E-state index contributed by atoms with van der Waals surface area (Å²) in [6, 6.07) is 17.4. The number of aliphatic hydroxyl groups is 1. The molecule has 10 heteroatoms. The van der Waals surface area contributed by atoms with Crippen LogP contribution >= 0.6 is 11.6 Å². The monoisotopic (exact) mass is 629 g/mol. The number of nitrogens with zero attached hydrogens (tertiary/aromatic N) is 2. The van der Waals surface area contributed by atoms with Crippen LogP contribution < -0.4 is 14.8 Å². The lowest BCUT2D eigenvalue weighted by atomic mass is 9.92. The van der Waals surface area contributed by atoms with Gasteiger partial charge in [-0.25, -0.2) is 4.39 Å². The molecule has 3 N–H and O–H groups in total. The quantitative estimate of drug-likeness (QED) is 0.157. The van der Waals surface area contributed by atoms with E-state index in [0.29, 0.717) is 50.9 Å². The van der Waals surface area contributed by atoms with Crippen molar-refractivity contribution in [3.05, 3.63) is 111 Å². The van der Waals surface area contributed by atoms with Gasteiger partial charge in [0, 0.05) is 41.7 Å². The van der Waals surface area contributed by atoms with E-state index in [0.717, 1.165) is 24.8 Å². The summed E-state index contributed by atoms with van der Waals surface area (Å²) in [4.78, 5) is 15.5. The number of nitriles is 1. The third kappa shape index (κ3) is 7.43. The Morgan fingerprint density at radius 3 is 2.73 bits per heavy atom. The first-order valence-corrected chi connectivity index (χ1v) is 15.0. The standard InChI is InChI=1S/C35H33ClFN3O5/c1-21-4-2-7-29(34(21)37)27-6-3-5-26-24(8-9-28(26)27)10-11-44-33-14-32(45-20-23-12-22(15-38)16-39-17-23)25(13-30(33)36)18-40-31(19-41)35(42)43/h2-7,12-14,16-17,24,31,40-41H,8-11,18-20H2,1H3,(H,42,43)/t24?,31-/m0/s1. The van der Waals surface area contributed by atoms with E-state index >= 15 is 0 Å². The molecule has 45 heavy (non-hydrogen) atoms. The molecule has 1 aliphatic rings. The van der Waals surface area contributed by atoms with Gasteiger partial charge in [0.1, 0.15) is 36.0 Å². The molecular formula is C35H33ClFN3O5. The zero-order valence-corrected chi connectivity index (χ0v) is 25.5. The van der Waals surface area contributed by atoms with Gasteiger partial charge in [0.15, 0.2) is 0 Å². The summed E-state index contributed by atoms with van der Waals surface area (Å²) in [6.07, 6.45) is 5.57. The van der Waals surface area contributed by atoms with Crippen molar-refractivity contribution in [2.24, 2.45) is 0 Å². The molecule has 1 aliphatic carbocycles. The van der Waals surface area contributed by atoms with Gasteiger partial charge in [0.2, 0.25) is 0 Å². The van der Waals surface area contributed by atoms with Gasteiger partial charge >= 0.3 is 5.97 Å². The minimum Gasteiger partial charge on any atom is -0.492 e. The fraction of sp³-hybridized carbons (Fsp3) is 0.286. The second-order valence-corrected chi connectivity index (χ2v) is 11.4. The van der Waals surface area contributed by atoms with Crippen molar-refractivity contribution < 1.29 is 28.9 Å². The highest BCUT2D eigenvalue weighted by atomic mass is 35.5. The molecule has 0 spiro atoms. The predicted molar refractivity (Wildman–Crippen MR) is 168 cm³/mol. The van der Waals surface area contributed by atoms with Gasteiger partial charge in [-0.15, -0.1) is 0 Å². The molecule has 232 valence electrons. The van der Waals surface area contributed by atoms with Crippen LogP contribution in [0.1, 0.15) is 52.1 Å². The number of halogens is 2. The normalized spacial score (nSPS) is 14.4. The summed E-state index contributed by atoms with van der Waals surface area (Å²) in [6.45, 7) is 1.73. The maximum atomic E-state index is 15.0. The van der Waals surface area contributed by atoms with E-state index in [1.807, 2.05) is 24.3 Å². The largest absolute Gasteiger partial charge is 0.492 e. The van der Waals surface area contributed by atoms with Crippen LogP contribution in [0, 0.1) is 24.1 Å². The predicted octanol–water partition coefficient (Wildman–Crippen LogP) is 6.33.